The Kier molecular flexibility index (Phi) is 3.23. The van der Waals surface area contributed by atoms with Gasteiger partial charge in [0, 0.05) is 24.1 Å². The quantitative estimate of drug-likeness (QED) is 0.631. The number of aliphatic hydroxyl groups is 1. The fraction of sp³-hybridized carbons (Fsp3) is 0.400. The van der Waals surface area contributed by atoms with Crippen LogP contribution in [-0.2, 0) is 0 Å². The van der Waals surface area contributed by atoms with E-state index in [1.165, 1.54) is 0 Å². The summed E-state index contributed by atoms with van der Waals surface area (Å²) < 4.78 is 1.74. The smallest absolute Gasteiger partial charge is 0.156 e. The lowest BCUT2D eigenvalue weighted by Crippen LogP contribution is -2.00. The third-order valence-electron chi connectivity index (χ3n) is 2.09. The van der Waals surface area contributed by atoms with Gasteiger partial charge < -0.3 is 5.11 Å². The molecule has 0 saturated heterocycles. The van der Waals surface area contributed by atoms with Crippen LogP contribution in [0, 0.1) is 0 Å². The van der Waals surface area contributed by atoms with E-state index in [-0.39, 0.29) is 6.61 Å². The van der Waals surface area contributed by atoms with Crippen LogP contribution < -0.4 is 0 Å². The topological polar surface area (TPSA) is 50.4 Å². The maximum Gasteiger partial charge on any atom is 0.156 e. The third kappa shape index (κ3) is 2.49. The number of hydrogen-bond donors (Lipinski definition) is 1. The van der Waals surface area contributed by atoms with Crippen LogP contribution in [-0.4, -0.2) is 31.6 Å². The Hall–Kier alpha value is -1.07. The maximum atomic E-state index is 8.81. The standard InChI is InChI=1S/C10H13N3OS/c1-8(4-7-14)15-10-3-6-13-9(12-10)2-5-11-13/h2-3,5-6,8,14H,4,7H2,1H3. The highest BCUT2D eigenvalue weighted by Crippen LogP contribution is 2.23. The van der Waals surface area contributed by atoms with Crippen LogP contribution in [0.4, 0.5) is 0 Å². The van der Waals surface area contributed by atoms with Gasteiger partial charge in [-0.05, 0) is 12.5 Å². The van der Waals surface area contributed by atoms with Gasteiger partial charge in [0.25, 0.3) is 0 Å². The highest BCUT2D eigenvalue weighted by Gasteiger charge is 2.05. The first-order valence-electron chi connectivity index (χ1n) is 4.87. The second-order valence-corrected chi connectivity index (χ2v) is 4.80. The van der Waals surface area contributed by atoms with Crippen molar-refractivity contribution in [3.05, 3.63) is 24.5 Å². The molecule has 2 aromatic rings. The Morgan fingerprint density at radius 1 is 1.53 bits per heavy atom. The molecule has 0 aliphatic rings. The molecule has 80 valence electrons. The molecule has 0 aliphatic carbocycles. The van der Waals surface area contributed by atoms with Gasteiger partial charge in [-0.15, -0.1) is 11.8 Å². The van der Waals surface area contributed by atoms with Crippen molar-refractivity contribution >= 4 is 17.4 Å². The van der Waals surface area contributed by atoms with Crippen molar-refractivity contribution in [3.8, 4) is 0 Å². The SMILES string of the molecule is CC(CCO)Sc1ccn2nccc2n1. The van der Waals surface area contributed by atoms with Gasteiger partial charge in [-0.25, -0.2) is 9.50 Å². The predicted octanol–water partition coefficient (Wildman–Crippen LogP) is 1.59. The number of aliphatic hydroxyl groups excluding tert-OH is 1. The van der Waals surface area contributed by atoms with E-state index in [0.29, 0.717) is 5.25 Å². The molecule has 0 bridgehead atoms. The molecular weight excluding hydrogens is 210 g/mol. The minimum atomic E-state index is 0.225. The van der Waals surface area contributed by atoms with Gasteiger partial charge in [0.1, 0.15) is 5.03 Å². The highest BCUT2D eigenvalue weighted by molar-refractivity contribution is 7.99. The molecule has 0 aromatic carbocycles. The van der Waals surface area contributed by atoms with E-state index in [1.54, 1.807) is 22.5 Å². The summed E-state index contributed by atoms with van der Waals surface area (Å²) in [6.45, 7) is 2.31. The van der Waals surface area contributed by atoms with Crippen molar-refractivity contribution in [3.63, 3.8) is 0 Å². The average Bonchev–Trinajstić information content (AvgIpc) is 2.65. The number of fused-ring (bicyclic) bond motifs is 1. The molecule has 2 aromatic heterocycles. The summed E-state index contributed by atoms with van der Waals surface area (Å²) in [5.74, 6) is 0. The zero-order chi connectivity index (χ0) is 10.7. The second kappa shape index (κ2) is 4.63. The van der Waals surface area contributed by atoms with E-state index in [1.807, 2.05) is 18.3 Å². The molecule has 1 atom stereocenters. The molecule has 2 rings (SSSR count). The van der Waals surface area contributed by atoms with Crippen molar-refractivity contribution in [1.29, 1.82) is 0 Å². The minimum absolute atomic E-state index is 0.225. The predicted molar refractivity (Wildman–Crippen MR) is 60.0 cm³/mol. The second-order valence-electron chi connectivity index (χ2n) is 3.34. The third-order valence-corrected chi connectivity index (χ3v) is 3.20. The van der Waals surface area contributed by atoms with Crippen LogP contribution in [0.25, 0.3) is 5.65 Å². The Balaban J connectivity index is 2.14. The lowest BCUT2D eigenvalue weighted by atomic mass is 10.3. The summed E-state index contributed by atoms with van der Waals surface area (Å²) in [5, 5.41) is 14.2. The largest absolute Gasteiger partial charge is 0.396 e. The Bertz CT molecular complexity index is 443. The molecule has 5 heteroatoms. The summed E-state index contributed by atoms with van der Waals surface area (Å²) in [4.78, 5) is 4.44. The lowest BCUT2D eigenvalue weighted by Gasteiger charge is -2.08. The molecule has 0 radical (unpaired) electrons. The molecule has 0 spiro atoms. The molecule has 1 unspecified atom stereocenters. The molecule has 2 heterocycles. The Morgan fingerprint density at radius 2 is 2.40 bits per heavy atom. The monoisotopic (exact) mass is 223 g/mol. The number of rotatable bonds is 4. The van der Waals surface area contributed by atoms with Crippen LogP contribution in [0.2, 0.25) is 0 Å². The summed E-state index contributed by atoms with van der Waals surface area (Å²) in [6.07, 6.45) is 4.42. The maximum absolute atomic E-state index is 8.81. The molecule has 0 amide bonds. The molecule has 0 aliphatic heterocycles. The molecule has 0 saturated carbocycles. The highest BCUT2D eigenvalue weighted by atomic mass is 32.2. The number of hydrogen-bond acceptors (Lipinski definition) is 4. The zero-order valence-electron chi connectivity index (χ0n) is 8.50. The Morgan fingerprint density at radius 3 is 3.20 bits per heavy atom. The summed E-state index contributed by atoms with van der Waals surface area (Å²) in [7, 11) is 0. The fourth-order valence-corrected chi connectivity index (χ4v) is 2.23. The first kappa shape index (κ1) is 10.4. The van der Waals surface area contributed by atoms with E-state index in [9.17, 15) is 0 Å². The summed E-state index contributed by atoms with van der Waals surface area (Å²) in [6, 6.07) is 3.82. The zero-order valence-corrected chi connectivity index (χ0v) is 9.31. The molecule has 0 fully saturated rings. The van der Waals surface area contributed by atoms with Gasteiger partial charge in [-0.2, -0.15) is 5.10 Å². The van der Waals surface area contributed by atoms with Crippen LogP contribution in [0.15, 0.2) is 29.6 Å². The number of nitrogens with zero attached hydrogens (tertiary/aromatic N) is 3. The van der Waals surface area contributed by atoms with E-state index in [0.717, 1.165) is 17.1 Å². The van der Waals surface area contributed by atoms with E-state index in [2.05, 4.69) is 17.0 Å². The molecular formula is C10H13N3OS. The van der Waals surface area contributed by atoms with Crippen molar-refractivity contribution < 1.29 is 5.11 Å². The van der Waals surface area contributed by atoms with Crippen LogP contribution in [0.3, 0.4) is 0 Å². The van der Waals surface area contributed by atoms with E-state index < -0.39 is 0 Å². The molecule has 15 heavy (non-hydrogen) atoms. The van der Waals surface area contributed by atoms with E-state index in [4.69, 9.17) is 5.11 Å². The normalized spacial score (nSPS) is 13.2. The van der Waals surface area contributed by atoms with Gasteiger partial charge >= 0.3 is 0 Å². The van der Waals surface area contributed by atoms with Crippen molar-refractivity contribution in [2.24, 2.45) is 0 Å². The van der Waals surface area contributed by atoms with Crippen molar-refractivity contribution in [1.82, 2.24) is 14.6 Å². The van der Waals surface area contributed by atoms with Crippen LogP contribution >= 0.6 is 11.8 Å². The average molecular weight is 223 g/mol. The van der Waals surface area contributed by atoms with Gasteiger partial charge in [0.2, 0.25) is 0 Å². The van der Waals surface area contributed by atoms with Gasteiger partial charge in [0.15, 0.2) is 5.65 Å². The summed E-state index contributed by atoms with van der Waals surface area (Å²) >= 11 is 1.67. The molecule has 1 N–H and O–H groups in total. The first-order chi connectivity index (χ1) is 7.29. The Labute approximate surface area is 92.3 Å². The number of thioether (sulfide) groups is 1. The van der Waals surface area contributed by atoms with E-state index >= 15 is 0 Å². The van der Waals surface area contributed by atoms with Gasteiger partial charge in [0.05, 0.1) is 6.20 Å². The van der Waals surface area contributed by atoms with Crippen molar-refractivity contribution in [2.45, 2.75) is 23.6 Å². The fourth-order valence-electron chi connectivity index (χ4n) is 1.31. The lowest BCUT2D eigenvalue weighted by molar-refractivity contribution is 0.289. The molecule has 4 nitrogen and oxygen atoms in total. The van der Waals surface area contributed by atoms with Crippen LogP contribution in [0.5, 0.6) is 0 Å². The summed E-state index contributed by atoms with van der Waals surface area (Å²) in [5.41, 5.74) is 0.858. The van der Waals surface area contributed by atoms with Gasteiger partial charge in [-0.1, -0.05) is 6.92 Å². The van der Waals surface area contributed by atoms with Crippen molar-refractivity contribution in [2.75, 3.05) is 6.61 Å². The minimum Gasteiger partial charge on any atom is -0.396 e. The number of aromatic nitrogens is 3. The van der Waals surface area contributed by atoms with Gasteiger partial charge in [-0.3, -0.25) is 0 Å². The first-order valence-corrected chi connectivity index (χ1v) is 5.75. The van der Waals surface area contributed by atoms with Crippen LogP contribution in [0.1, 0.15) is 13.3 Å².